The lowest BCUT2D eigenvalue weighted by Gasteiger charge is -2.30. The molecule has 0 N–H and O–H groups in total. The van der Waals surface area contributed by atoms with E-state index in [0.29, 0.717) is 12.6 Å². The van der Waals surface area contributed by atoms with Crippen LogP contribution in [-0.4, -0.2) is 55.8 Å². The first-order chi connectivity index (χ1) is 15.6. The van der Waals surface area contributed by atoms with E-state index in [1.807, 2.05) is 6.92 Å². The Hall–Kier alpha value is -1.67. The molecule has 0 saturated carbocycles. The minimum atomic E-state index is -0.553. The van der Waals surface area contributed by atoms with Crippen LogP contribution < -0.4 is 9.64 Å². The van der Waals surface area contributed by atoms with Gasteiger partial charge in [0.15, 0.2) is 6.29 Å². The number of aldehydes is 1. The zero-order chi connectivity index (χ0) is 22.9. The summed E-state index contributed by atoms with van der Waals surface area (Å²) in [4.78, 5) is 15.9. The van der Waals surface area contributed by atoms with E-state index in [1.54, 1.807) is 23.7 Å². The Morgan fingerprint density at radius 3 is 2.69 bits per heavy atom. The van der Waals surface area contributed by atoms with Crippen LogP contribution >= 0.6 is 23.7 Å². The predicted octanol–water partition coefficient (Wildman–Crippen LogP) is 6.04. The number of ether oxygens (including phenoxy) is 2. The van der Waals surface area contributed by atoms with E-state index in [4.69, 9.17) is 9.47 Å². The Labute approximate surface area is 201 Å². The van der Waals surface area contributed by atoms with Gasteiger partial charge in [0.1, 0.15) is 18.5 Å². The van der Waals surface area contributed by atoms with E-state index in [-0.39, 0.29) is 6.61 Å². The van der Waals surface area contributed by atoms with Crippen LogP contribution in [0, 0.1) is 0 Å². The van der Waals surface area contributed by atoms with Crippen LogP contribution in [-0.2, 0) is 9.53 Å². The predicted molar refractivity (Wildman–Crippen MR) is 136 cm³/mol. The first kappa shape index (κ1) is 25.0. The summed E-state index contributed by atoms with van der Waals surface area (Å²) >= 11 is 3.43. The van der Waals surface area contributed by atoms with Crippen molar-refractivity contribution >= 4 is 41.4 Å². The van der Waals surface area contributed by atoms with E-state index in [2.05, 4.69) is 71.9 Å². The van der Waals surface area contributed by atoms with Crippen LogP contribution in [0.25, 0.3) is 0 Å². The normalized spacial score (nSPS) is 17.5. The van der Waals surface area contributed by atoms with Gasteiger partial charge in [-0.3, -0.25) is 0 Å². The van der Waals surface area contributed by atoms with Crippen molar-refractivity contribution in [2.24, 2.45) is 0 Å². The number of hydrogen-bond acceptors (Lipinski definition) is 7. The molecule has 1 heterocycles. The van der Waals surface area contributed by atoms with E-state index >= 15 is 0 Å². The molecule has 2 aromatic rings. The second-order valence-corrected chi connectivity index (χ2v) is 9.84. The summed E-state index contributed by atoms with van der Waals surface area (Å²) in [5.41, 5.74) is 2.39. The molecule has 0 spiro atoms. The third kappa shape index (κ3) is 6.22. The third-order valence-corrected chi connectivity index (χ3v) is 7.45. The molecule has 0 fully saturated rings. The average molecular weight is 475 g/mol. The Kier molecular flexibility index (Phi) is 9.78. The Morgan fingerprint density at radius 1 is 1.25 bits per heavy atom. The van der Waals surface area contributed by atoms with E-state index < -0.39 is 6.10 Å². The molecule has 7 heteroatoms. The molecular formula is C25H34N2O3S2. The topological polar surface area (TPSA) is 42.0 Å². The van der Waals surface area contributed by atoms with Gasteiger partial charge in [0.2, 0.25) is 0 Å². The van der Waals surface area contributed by atoms with Gasteiger partial charge >= 0.3 is 0 Å². The standard InChI is InChI=1S/C25H34N2O3S2/c1-5-7-11-20-16-27(19-12-9-8-10-13-19)22-14-25(31-4)23(15-24(22)32-26(20)3)30-18-21(17-28)29-6-2/h8-10,12-15,17,20-21H,5-7,11,16,18H2,1-4H3. The molecule has 32 heavy (non-hydrogen) atoms. The van der Waals surface area contributed by atoms with E-state index in [1.165, 1.54) is 24.2 Å². The number of benzene rings is 2. The number of para-hydroxylation sites is 1. The van der Waals surface area contributed by atoms with Crippen molar-refractivity contribution in [3.63, 3.8) is 0 Å². The van der Waals surface area contributed by atoms with Gasteiger partial charge in [-0.2, -0.15) is 0 Å². The maximum absolute atomic E-state index is 11.3. The van der Waals surface area contributed by atoms with Crippen LogP contribution in [0.1, 0.15) is 33.1 Å². The molecule has 2 unspecified atom stereocenters. The highest BCUT2D eigenvalue weighted by atomic mass is 32.2. The number of hydrogen-bond donors (Lipinski definition) is 0. The van der Waals surface area contributed by atoms with Crippen molar-refractivity contribution in [3.8, 4) is 5.75 Å². The van der Waals surface area contributed by atoms with Crippen molar-refractivity contribution in [1.82, 2.24) is 4.31 Å². The summed E-state index contributed by atoms with van der Waals surface area (Å²) in [6.07, 6.45) is 5.88. The summed E-state index contributed by atoms with van der Waals surface area (Å²) < 4.78 is 13.9. The lowest BCUT2D eigenvalue weighted by molar-refractivity contribution is -0.119. The van der Waals surface area contributed by atoms with Crippen molar-refractivity contribution in [2.45, 2.75) is 55.0 Å². The molecular weight excluding hydrogens is 440 g/mol. The number of unbranched alkanes of at least 4 members (excludes halogenated alkanes) is 1. The number of likely N-dealkylation sites (N-methyl/N-ethyl adjacent to an activating group) is 1. The monoisotopic (exact) mass is 474 g/mol. The smallest absolute Gasteiger partial charge is 0.152 e. The fourth-order valence-corrected chi connectivity index (χ4v) is 5.42. The minimum absolute atomic E-state index is 0.214. The van der Waals surface area contributed by atoms with Crippen molar-refractivity contribution in [3.05, 3.63) is 42.5 Å². The summed E-state index contributed by atoms with van der Waals surface area (Å²) in [6, 6.07) is 15.4. The van der Waals surface area contributed by atoms with Crippen molar-refractivity contribution in [1.29, 1.82) is 0 Å². The maximum atomic E-state index is 11.3. The fourth-order valence-electron chi connectivity index (χ4n) is 3.82. The number of carbonyl (C=O) groups is 1. The average Bonchev–Trinajstić information content (AvgIpc) is 2.95. The quantitative estimate of drug-likeness (QED) is 0.223. The van der Waals surface area contributed by atoms with Gasteiger partial charge < -0.3 is 19.2 Å². The zero-order valence-electron chi connectivity index (χ0n) is 19.5. The van der Waals surface area contributed by atoms with Crippen LogP contribution in [0.5, 0.6) is 5.75 Å². The first-order valence-electron chi connectivity index (χ1n) is 11.3. The molecule has 0 amide bonds. The molecule has 2 atom stereocenters. The second kappa shape index (κ2) is 12.5. The highest BCUT2D eigenvalue weighted by molar-refractivity contribution is 7.98. The Balaban J connectivity index is 1.98. The molecule has 0 radical (unpaired) electrons. The number of nitrogens with zero attached hydrogens (tertiary/aromatic N) is 2. The maximum Gasteiger partial charge on any atom is 0.152 e. The molecule has 0 bridgehead atoms. The fraction of sp³-hybridized carbons (Fsp3) is 0.480. The van der Waals surface area contributed by atoms with Gasteiger partial charge in [0.05, 0.1) is 15.5 Å². The van der Waals surface area contributed by atoms with Gasteiger partial charge in [0.25, 0.3) is 0 Å². The van der Waals surface area contributed by atoms with Gasteiger partial charge in [-0.05, 0) is 62.9 Å². The minimum Gasteiger partial charge on any atom is -0.489 e. The Morgan fingerprint density at radius 2 is 2.03 bits per heavy atom. The lowest BCUT2D eigenvalue weighted by Crippen LogP contribution is -2.35. The molecule has 0 saturated heterocycles. The highest BCUT2D eigenvalue weighted by Crippen LogP contribution is 2.45. The van der Waals surface area contributed by atoms with E-state index in [0.717, 1.165) is 34.8 Å². The Bertz CT molecular complexity index is 866. The zero-order valence-corrected chi connectivity index (χ0v) is 21.1. The molecule has 0 aliphatic carbocycles. The highest BCUT2D eigenvalue weighted by Gasteiger charge is 2.28. The lowest BCUT2D eigenvalue weighted by atomic mass is 10.1. The number of fused-ring (bicyclic) bond motifs is 1. The summed E-state index contributed by atoms with van der Waals surface area (Å²) in [7, 11) is 2.18. The molecule has 1 aliphatic heterocycles. The van der Waals surface area contributed by atoms with Gasteiger partial charge in [-0.1, -0.05) is 38.0 Å². The molecule has 2 aromatic carbocycles. The SMILES string of the molecule is CCCCC1CN(c2ccccc2)c2cc(SC)c(OCC(C=O)OCC)cc2SN1C. The molecule has 1 aliphatic rings. The summed E-state index contributed by atoms with van der Waals surface area (Å²) in [6.45, 7) is 5.76. The molecule has 5 nitrogen and oxygen atoms in total. The molecule has 174 valence electrons. The van der Waals surface area contributed by atoms with E-state index in [9.17, 15) is 4.79 Å². The van der Waals surface area contributed by atoms with Gasteiger partial charge in [0, 0.05) is 24.9 Å². The molecule has 0 aromatic heterocycles. The second-order valence-electron chi connectivity index (χ2n) is 7.79. The van der Waals surface area contributed by atoms with Gasteiger partial charge in [-0.15, -0.1) is 11.8 Å². The number of carbonyl (C=O) groups excluding carboxylic acids is 1. The van der Waals surface area contributed by atoms with Crippen LogP contribution in [0.4, 0.5) is 11.4 Å². The largest absolute Gasteiger partial charge is 0.489 e. The van der Waals surface area contributed by atoms with Crippen LogP contribution in [0.2, 0.25) is 0 Å². The van der Waals surface area contributed by atoms with Crippen LogP contribution in [0.3, 0.4) is 0 Å². The number of rotatable bonds is 11. The van der Waals surface area contributed by atoms with Crippen molar-refractivity contribution < 1.29 is 14.3 Å². The summed E-state index contributed by atoms with van der Waals surface area (Å²) in [5, 5.41) is 0. The number of thioether (sulfide) groups is 1. The van der Waals surface area contributed by atoms with Gasteiger partial charge in [-0.25, -0.2) is 4.31 Å². The number of anilines is 2. The third-order valence-electron chi connectivity index (χ3n) is 5.58. The van der Waals surface area contributed by atoms with Crippen molar-refractivity contribution in [2.75, 3.05) is 38.0 Å². The molecule has 3 rings (SSSR count). The first-order valence-corrected chi connectivity index (χ1v) is 13.3. The van der Waals surface area contributed by atoms with Crippen LogP contribution in [0.15, 0.2) is 52.3 Å². The summed E-state index contributed by atoms with van der Waals surface area (Å²) in [5.74, 6) is 0.795.